The molecule has 2 fully saturated rings. The third kappa shape index (κ3) is 3.51. The lowest BCUT2D eigenvalue weighted by atomic mass is 10.2. The van der Waals surface area contributed by atoms with Crippen molar-refractivity contribution in [3.05, 3.63) is 29.8 Å². The van der Waals surface area contributed by atoms with E-state index in [2.05, 4.69) is 0 Å². The summed E-state index contributed by atoms with van der Waals surface area (Å²) in [5.41, 5.74) is -1.17. The van der Waals surface area contributed by atoms with Crippen LogP contribution in [-0.4, -0.2) is 62.4 Å². The molecule has 0 N–H and O–H groups in total. The van der Waals surface area contributed by atoms with E-state index in [0.717, 1.165) is 22.5 Å². The number of alkyl halides is 3. The first-order valence-corrected chi connectivity index (χ1v) is 9.22. The zero-order chi connectivity index (χ0) is 18.2. The van der Waals surface area contributed by atoms with Gasteiger partial charge in [-0.3, -0.25) is 9.69 Å². The zero-order valence-electron chi connectivity index (χ0n) is 13.2. The van der Waals surface area contributed by atoms with Gasteiger partial charge in [-0.25, -0.2) is 8.42 Å². The van der Waals surface area contributed by atoms with E-state index in [1.165, 1.54) is 6.07 Å². The first-order valence-electron chi connectivity index (χ1n) is 7.78. The molecule has 0 aromatic heterocycles. The maximum absolute atomic E-state index is 13.1. The number of ether oxygens (including phenoxy) is 1. The van der Waals surface area contributed by atoms with Crippen molar-refractivity contribution in [3.8, 4) is 0 Å². The number of halogens is 3. The van der Waals surface area contributed by atoms with E-state index in [9.17, 15) is 26.4 Å². The van der Waals surface area contributed by atoms with Gasteiger partial charge in [0.05, 0.1) is 17.1 Å². The molecule has 6 nitrogen and oxygen atoms in total. The number of benzene rings is 1. The second-order valence-corrected chi connectivity index (χ2v) is 7.81. The Morgan fingerprint density at radius 2 is 1.72 bits per heavy atom. The van der Waals surface area contributed by atoms with E-state index in [0.29, 0.717) is 13.0 Å². The van der Waals surface area contributed by atoms with Crippen molar-refractivity contribution in [1.82, 2.24) is 9.21 Å². The molecule has 2 aliphatic heterocycles. The van der Waals surface area contributed by atoms with Gasteiger partial charge in [0.2, 0.25) is 10.0 Å². The smallest absolute Gasteiger partial charge is 0.417 e. The lowest BCUT2D eigenvalue weighted by molar-refractivity contribution is -0.143. The molecule has 0 amide bonds. The van der Waals surface area contributed by atoms with Crippen molar-refractivity contribution in [1.29, 1.82) is 0 Å². The van der Waals surface area contributed by atoms with Gasteiger partial charge in [-0.15, -0.1) is 0 Å². The summed E-state index contributed by atoms with van der Waals surface area (Å²) in [6.07, 6.45) is -4.21. The van der Waals surface area contributed by atoms with Crippen LogP contribution in [0.1, 0.15) is 12.0 Å². The lowest BCUT2D eigenvalue weighted by Gasteiger charge is -2.36. The monoisotopic (exact) mass is 378 g/mol. The predicted molar refractivity (Wildman–Crippen MR) is 81.1 cm³/mol. The molecule has 2 saturated heterocycles. The number of hydrogen-bond acceptors (Lipinski definition) is 5. The van der Waals surface area contributed by atoms with Gasteiger partial charge in [0.25, 0.3) is 0 Å². The Bertz CT molecular complexity index is 758. The van der Waals surface area contributed by atoms with Gasteiger partial charge in [0.15, 0.2) is 0 Å². The minimum Gasteiger partial charge on any atom is -0.464 e. The molecule has 1 atom stereocenters. The minimum absolute atomic E-state index is 0.0261. The van der Waals surface area contributed by atoms with Crippen LogP contribution in [0.15, 0.2) is 29.2 Å². The summed E-state index contributed by atoms with van der Waals surface area (Å²) >= 11 is 0. The van der Waals surface area contributed by atoms with Crippen molar-refractivity contribution >= 4 is 16.0 Å². The Morgan fingerprint density at radius 1 is 1.08 bits per heavy atom. The number of rotatable bonds is 3. The normalized spacial score (nSPS) is 23.6. The van der Waals surface area contributed by atoms with Crippen molar-refractivity contribution in [2.24, 2.45) is 0 Å². The molecule has 0 aliphatic carbocycles. The maximum atomic E-state index is 13.1. The van der Waals surface area contributed by atoms with E-state index < -0.39 is 32.7 Å². The second kappa shape index (κ2) is 6.58. The van der Waals surface area contributed by atoms with E-state index in [4.69, 9.17) is 4.74 Å². The Kier molecular flexibility index (Phi) is 4.78. The largest absolute Gasteiger partial charge is 0.464 e. The highest BCUT2D eigenvalue weighted by molar-refractivity contribution is 7.89. The van der Waals surface area contributed by atoms with Crippen molar-refractivity contribution in [2.75, 3.05) is 32.8 Å². The van der Waals surface area contributed by atoms with Crippen LogP contribution in [0.4, 0.5) is 13.2 Å². The Labute approximate surface area is 143 Å². The number of carbonyl (C=O) groups is 1. The van der Waals surface area contributed by atoms with Crippen LogP contribution in [0.3, 0.4) is 0 Å². The molecular weight excluding hydrogens is 361 g/mol. The molecule has 0 saturated carbocycles. The fraction of sp³-hybridized carbons (Fsp3) is 0.533. The Balaban J connectivity index is 1.78. The molecule has 10 heteroatoms. The minimum atomic E-state index is -4.75. The average molecular weight is 378 g/mol. The summed E-state index contributed by atoms with van der Waals surface area (Å²) in [6.45, 7) is 0.929. The standard InChI is InChI=1S/C15H17F3N2O4S/c16-15(17,18)11-3-1-2-4-13(11)25(22,23)20-8-6-19(7-9-20)12-5-10-24-14(12)21/h1-4,12H,5-10H2/t12-/m1/s1. The molecular formula is C15H17F3N2O4S. The number of piperazine rings is 1. The first kappa shape index (κ1) is 18.2. The van der Waals surface area contributed by atoms with Crippen LogP contribution in [0.2, 0.25) is 0 Å². The highest BCUT2D eigenvalue weighted by atomic mass is 32.2. The molecule has 0 spiro atoms. The Morgan fingerprint density at radius 3 is 2.28 bits per heavy atom. The second-order valence-electron chi connectivity index (χ2n) is 5.91. The van der Waals surface area contributed by atoms with Gasteiger partial charge < -0.3 is 4.74 Å². The topological polar surface area (TPSA) is 66.9 Å². The first-order chi connectivity index (χ1) is 11.7. The molecule has 0 unspecified atom stereocenters. The molecule has 0 bridgehead atoms. The molecule has 2 heterocycles. The van der Waals surface area contributed by atoms with Crippen molar-refractivity contribution in [2.45, 2.75) is 23.5 Å². The number of esters is 1. The third-order valence-corrected chi connectivity index (χ3v) is 6.39. The zero-order valence-corrected chi connectivity index (χ0v) is 14.0. The molecule has 25 heavy (non-hydrogen) atoms. The van der Waals surface area contributed by atoms with Crippen LogP contribution in [0.25, 0.3) is 0 Å². The van der Waals surface area contributed by atoms with Crippen LogP contribution < -0.4 is 0 Å². The van der Waals surface area contributed by atoms with E-state index in [1.807, 2.05) is 4.90 Å². The molecule has 138 valence electrons. The van der Waals surface area contributed by atoms with Crippen molar-refractivity contribution in [3.63, 3.8) is 0 Å². The van der Waals surface area contributed by atoms with Gasteiger partial charge in [-0.2, -0.15) is 17.5 Å². The number of cyclic esters (lactones) is 1. The van der Waals surface area contributed by atoms with Gasteiger partial charge in [0, 0.05) is 32.6 Å². The highest BCUT2D eigenvalue weighted by Gasteiger charge is 2.41. The van der Waals surface area contributed by atoms with E-state index in [-0.39, 0.29) is 32.1 Å². The molecule has 3 rings (SSSR count). The SMILES string of the molecule is O=C1OCC[C@H]1N1CCN(S(=O)(=O)c2ccccc2C(F)(F)F)CC1. The lowest BCUT2D eigenvalue weighted by Crippen LogP contribution is -2.53. The fourth-order valence-corrected chi connectivity index (χ4v) is 4.77. The molecule has 0 radical (unpaired) electrons. The Hall–Kier alpha value is -1.65. The van der Waals surface area contributed by atoms with Crippen molar-refractivity contribution < 1.29 is 31.1 Å². The van der Waals surface area contributed by atoms with E-state index in [1.54, 1.807) is 0 Å². The maximum Gasteiger partial charge on any atom is 0.417 e. The summed E-state index contributed by atoms with van der Waals surface area (Å²) in [6, 6.07) is 3.77. The molecule has 1 aromatic carbocycles. The predicted octanol–water partition coefficient (Wildman–Crippen LogP) is 1.33. The number of nitrogens with zero attached hydrogens (tertiary/aromatic N) is 2. The number of sulfonamides is 1. The van der Waals surface area contributed by atoms with E-state index >= 15 is 0 Å². The summed E-state index contributed by atoms with van der Waals surface area (Å²) < 4.78 is 70.6. The highest BCUT2D eigenvalue weighted by Crippen LogP contribution is 2.35. The average Bonchev–Trinajstić information content (AvgIpc) is 3.00. The molecule has 1 aromatic rings. The van der Waals surface area contributed by atoms with Gasteiger partial charge in [0.1, 0.15) is 6.04 Å². The number of hydrogen-bond donors (Lipinski definition) is 0. The van der Waals surface area contributed by atoms with Crippen LogP contribution in [0, 0.1) is 0 Å². The summed E-state index contributed by atoms with van der Waals surface area (Å²) in [4.78, 5) is 12.7. The van der Waals surface area contributed by atoms with Gasteiger partial charge >= 0.3 is 12.1 Å². The fourth-order valence-electron chi connectivity index (χ4n) is 3.14. The van der Waals surface area contributed by atoms with Crippen LogP contribution >= 0.6 is 0 Å². The molecule has 2 aliphatic rings. The summed E-state index contributed by atoms with van der Waals surface area (Å²) in [5, 5.41) is 0. The summed E-state index contributed by atoms with van der Waals surface area (Å²) in [7, 11) is -4.27. The number of carbonyl (C=O) groups excluding carboxylic acids is 1. The summed E-state index contributed by atoms with van der Waals surface area (Å²) in [5.74, 6) is -0.335. The van der Waals surface area contributed by atoms with Crippen LogP contribution in [0.5, 0.6) is 0 Å². The quantitative estimate of drug-likeness (QED) is 0.743. The third-order valence-electron chi connectivity index (χ3n) is 4.43. The van der Waals surface area contributed by atoms with Crippen LogP contribution in [-0.2, 0) is 25.7 Å². The van der Waals surface area contributed by atoms with Gasteiger partial charge in [-0.1, -0.05) is 12.1 Å². The van der Waals surface area contributed by atoms with Gasteiger partial charge in [-0.05, 0) is 12.1 Å².